The van der Waals surface area contributed by atoms with E-state index in [4.69, 9.17) is 5.11 Å². The minimum atomic E-state index is -3.71. The summed E-state index contributed by atoms with van der Waals surface area (Å²) < 4.78 is 27.6. The smallest absolute Gasteiger partial charge is 0.335 e. The van der Waals surface area contributed by atoms with Gasteiger partial charge >= 0.3 is 5.97 Å². The van der Waals surface area contributed by atoms with E-state index in [2.05, 4.69) is 4.72 Å². The second-order valence-corrected chi connectivity index (χ2v) is 7.02. The third kappa shape index (κ3) is 3.51. The van der Waals surface area contributed by atoms with Gasteiger partial charge in [-0.3, -0.25) is 0 Å². The molecule has 21 heavy (non-hydrogen) atoms. The summed E-state index contributed by atoms with van der Waals surface area (Å²) in [5, 5.41) is 9.14. The zero-order valence-corrected chi connectivity index (χ0v) is 12.9. The Balaban J connectivity index is 2.37. The molecule has 1 atom stereocenters. The summed E-state index contributed by atoms with van der Waals surface area (Å²) in [5.74, 6) is -1.12. The quantitative estimate of drug-likeness (QED) is 0.837. The summed E-state index contributed by atoms with van der Waals surface area (Å²) in [6.45, 7) is 3.33. The molecule has 0 fully saturated rings. The number of rotatable bonds is 4. The Labute approximate surface area is 124 Å². The number of carbonyl (C=O) groups is 1. The molecule has 0 aromatic heterocycles. The van der Waals surface area contributed by atoms with E-state index >= 15 is 0 Å². The first-order chi connectivity index (χ1) is 9.81. The lowest BCUT2D eigenvalue weighted by Gasteiger charge is -2.20. The van der Waals surface area contributed by atoms with E-state index in [1.54, 1.807) is 19.9 Å². The van der Waals surface area contributed by atoms with Crippen LogP contribution >= 0.6 is 0 Å². The lowest BCUT2D eigenvalue weighted by atomic mass is 10.0. The highest BCUT2D eigenvalue weighted by Crippen LogP contribution is 2.22. The summed E-state index contributed by atoms with van der Waals surface area (Å²) in [6.07, 6.45) is 6.26. The fourth-order valence-corrected chi connectivity index (χ4v) is 4.07. The van der Waals surface area contributed by atoms with Crippen LogP contribution in [0.1, 0.15) is 40.7 Å². The maximum Gasteiger partial charge on any atom is 0.335 e. The van der Waals surface area contributed by atoms with Crippen LogP contribution in [0.15, 0.2) is 29.2 Å². The molecule has 0 amide bonds. The Morgan fingerprint density at radius 3 is 2.52 bits per heavy atom. The van der Waals surface area contributed by atoms with Crippen molar-refractivity contribution in [1.82, 2.24) is 4.72 Å². The number of benzene rings is 1. The fourth-order valence-electron chi connectivity index (χ4n) is 2.54. The highest BCUT2D eigenvalue weighted by molar-refractivity contribution is 7.89. The fraction of sp³-hybridized carbons (Fsp3) is 0.400. The molecule has 0 saturated carbocycles. The molecule has 1 unspecified atom stereocenters. The molecule has 6 heteroatoms. The van der Waals surface area contributed by atoms with Gasteiger partial charge in [0.2, 0.25) is 10.0 Å². The molecule has 2 N–H and O–H groups in total. The van der Waals surface area contributed by atoms with Crippen molar-refractivity contribution in [3.05, 3.63) is 41.0 Å². The van der Waals surface area contributed by atoms with Gasteiger partial charge < -0.3 is 5.11 Å². The molecule has 114 valence electrons. The number of hydrogen-bond acceptors (Lipinski definition) is 3. The molecule has 0 bridgehead atoms. The average molecular weight is 309 g/mol. The lowest BCUT2D eigenvalue weighted by Crippen LogP contribution is -2.35. The molecule has 5 nitrogen and oxygen atoms in total. The topological polar surface area (TPSA) is 83.5 Å². The molecule has 0 heterocycles. The SMILES string of the molecule is Cc1cc(C)c(S(=O)(=O)NC2CC=CCC2)cc1C(=O)O. The van der Waals surface area contributed by atoms with Gasteiger partial charge in [0.05, 0.1) is 10.5 Å². The van der Waals surface area contributed by atoms with E-state index in [1.165, 1.54) is 6.07 Å². The van der Waals surface area contributed by atoms with Gasteiger partial charge in [-0.05, 0) is 50.3 Å². The third-order valence-electron chi connectivity index (χ3n) is 3.63. The molecule has 0 radical (unpaired) electrons. The molecule has 1 aromatic rings. The zero-order chi connectivity index (χ0) is 15.6. The predicted octanol–water partition coefficient (Wildman–Crippen LogP) is 2.39. The number of carboxylic acids is 1. The number of carboxylic acid groups (broad SMARTS) is 1. The van der Waals surface area contributed by atoms with Crippen LogP contribution in [0.2, 0.25) is 0 Å². The van der Waals surface area contributed by atoms with E-state index in [-0.39, 0.29) is 16.5 Å². The summed E-state index contributed by atoms with van der Waals surface area (Å²) in [7, 11) is -3.71. The zero-order valence-electron chi connectivity index (χ0n) is 12.1. The van der Waals surface area contributed by atoms with E-state index in [1.807, 2.05) is 12.2 Å². The normalized spacial score (nSPS) is 18.7. The van der Waals surface area contributed by atoms with Gasteiger partial charge in [0, 0.05) is 6.04 Å². The van der Waals surface area contributed by atoms with Crippen molar-refractivity contribution >= 4 is 16.0 Å². The van der Waals surface area contributed by atoms with Gasteiger partial charge in [-0.25, -0.2) is 17.9 Å². The third-order valence-corrected chi connectivity index (χ3v) is 5.30. The minimum absolute atomic E-state index is 0.0181. The van der Waals surface area contributed by atoms with Crippen LogP contribution in [0.3, 0.4) is 0 Å². The van der Waals surface area contributed by atoms with Crippen molar-refractivity contribution < 1.29 is 18.3 Å². The van der Waals surface area contributed by atoms with Gasteiger partial charge in [0.15, 0.2) is 0 Å². The standard InChI is InChI=1S/C15H19NO4S/c1-10-8-11(2)14(9-13(10)15(17)18)21(19,20)16-12-6-4-3-5-7-12/h3-4,8-9,12,16H,5-7H2,1-2H3,(H,17,18). The second-order valence-electron chi connectivity index (χ2n) is 5.34. The first kappa shape index (κ1) is 15.7. The van der Waals surface area contributed by atoms with Gasteiger partial charge in [-0.1, -0.05) is 18.2 Å². The average Bonchev–Trinajstić information content (AvgIpc) is 2.38. The van der Waals surface area contributed by atoms with E-state index < -0.39 is 16.0 Å². The summed E-state index contributed by atoms with van der Waals surface area (Å²) in [4.78, 5) is 11.2. The number of sulfonamides is 1. The Morgan fingerprint density at radius 1 is 1.24 bits per heavy atom. The Bertz CT molecular complexity index is 692. The second kappa shape index (κ2) is 5.99. The molecular formula is C15H19NO4S. The van der Waals surface area contributed by atoms with Crippen LogP contribution in [-0.2, 0) is 10.0 Å². The first-order valence-corrected chi connectivity index (χ1v) is 8.31. The van der Waals surface area contributed by atoms with Gasteiger partial charge in [-0.15, -0.1) is 0 Å². The molecule has 1 aromatic carbocycles. The van der Waals surface area contributed by atoms with Crippen molar-refractivity contribution in [2.24, 2.45) is 0 Å². The van der Waals surface area contributed by atoms with E-state index in [9.17, 15) is 13.2 Å². The van der Waals surface area contributed by atoms with Crippen molar-refractivity contribution in [2.75, 3.05) is 0 Å². The monoisotopic (exact) mass is 309 g/mol. The number of aromatic carboxylic acids is 1. The lowest BCUT2D eigenvalue weighted by molar-refractivity contribution is 0.0696. The number of aryl methyl sites for hydroxylation is 2. The van der Waals surface area contributed by atoms with Gasteiger partial charge in [-0.2, -0.15) is 0 Å². The van der Waals surface area contributed by atoms with Gasteiger partial charge in [0.25, 0.3) is 0 Å². The Morgan fingerprint density at radius 2 is 1.95 bits per heavy atom. The predicted molar refractivity (Wildman–Crippen MR) is 80.0 cm³/mol. The summed E-state index contributed by atoms with van der Waals surface area (Å²) >= 11 is 0. The highest BCUT2D eigenvalue weighted by Gasteiger charge is 2.24. The van der Waals surface area contributed by atoms with E-state index in [0.29, 0.717) is 17.5 Å². The highest BCUT2D eigenvalue weighted by atomic mass is 32.2. The number of nitrogens with one attached hydrogen (secondary N) is 1. The van der Waals surface area contributed by atoms with Crippen LogP contribution in [0.25, 0.3) is 0 Å². The van der Waals surface area contributed by atoms with Crippen LogP contribution in [0.5, 0.6) is 0 Å². The first-order valence-electron chi connectivity index (χ1n) is 6.83. The molecule has 1 aliphatic rings. The van der Waals surface area contributed by atoms with Crippen LogP contribution < -0.4 is 4.72 Å². The van der Waals surface area contributed by atoms with Crippen molar-refractivity contribution in [2.45, 2.75) is 44.0 Å². The Hall–Kier alpha value is -1.66. The number of hydrogen-bond donors (Lipinski definition) is 2. The summed E-state index contributed by atoms with van der Waals surface area (Å²) in [6, 6.07) is 2.71. The van der Waals surface area contributed by atoms with E-state index in [0.717, 1.165) is 12.8 Å². The molecule has 0 spiro atoms. The molecule has 0 saturated heterocycles. The van der Waals surface area contributed by atoms with Crippen molar-refractivity contribution in [3.63, 3.8) is 0 Å². The van der Waals surface area contributed by atoms with Crippen LogP contribution in [-0.4, -0.2) is 25.5 Å². The Kier molecular flexibility index (Phi) is 4.49. The maximum absolute atomic E-state index is 12.5. The van der Waals surface area contributed by atoms with Crippen LogP contribution in [0.4, 0.5) is 0 Å². The number of allylic oxidation sites excluding steroid dienone is 1. The van der Waals surface area contributed by atoms with Crippen molar-refractivity contribution in [1.29, 1.82) is 0 Å². The van der Waals surface area contributed by atoms with Gasteiger partial charge in [0.1, 0.15) is 0 Å². The molecule has 1 aliphatic carbocycles. The molecular weight excluding hydrogens is 290 g/mol. The van der Waals surface area contributed by atoms with Crippen molar-refractivity contribution in [3.8, 4) is 0 Å². The molecule has 0 aliphatic heterocycles. The largest absolute Gasteiger partial charge is 0.478 e. The summed E-state index contributed by atoms with van der Waals surface area (Å²) in [5.41, 5.74) is 1.13. The minimum Gasteiger partial charge on any atom is -0.478 e. The maximum atomic E-state index is 12.5. The van der Waals surface area contributed by atoms with Crippen LogP contribution in [0, 0.1) is 13.8 Å². The molecule has 2 rings (SSSR count).